The summed E-state index contributed by atoms with van der Waals surface area (Å²) in [7, 11) is -1.38. The maximum atomic E-state index is 11.5. The van der Waals surface area contributed by atoms with Gasteiger partial charge in [0.2, 0.25) is 0 Å². The molecule has 0 fully saturated rings. The molecule has 0 saturated carbocycles. The van der Waals surface area contributed by atoms with Crippen molar-refractivity contribution in [3.8, 4) is 11.6 Å². The van der Waals surface area contributed by atoms with E-state index >= 15 is 0 Å². The Labute approximate surface area is 104 Å². The van der Waals surface area contributed by atoms with Crippen LogP contribution in [0.2, 0.25) is 19.6 Å². The SMILES string of the molecule is CCOC(=O)C1=CN(C#C[Si](C)(C)C)CC=C1. The van der Waals surface area contributed by atoms with Gasteiger partial charge in [0, 0.05) is 18.8 Å². The lowest BCUT2D eigenvalue weighted by molar-refractivity contribution is -0.138. The number of hydrogen-bond acceptors (Lipinski definition) is 3. The van der Waals surface area contributed by atoms with Gasteiger partial charge in [-0.3, -0.25) is 0 Å². The Hall–Kier alpha value is -1.47. The smallest absolute Gasteiger partial charge is 0.339 e. The lowest BCUT2D eigenvalue weighted by Gasteiger charge is -2.16. The predicted molar refractivity (Wildman–Crippen MR) is 71.7 cm³/mol. The first-order chi connectivity index (χ1) is 7.92. The molecular formula is C13H19NO2Si. The van der Waals surface area contributed by atoms with Gasteiger partial charge in [0.05, 0.1) is 12.2 Å². The van der Waals surface area contributed by atoms with Crippen LogP contribution in [0.3, 0.4) is 0 Å². The average molecular weight is 249 g/mol. The Balaban J connectivity index is 2.75. The highest BCUT2D eigenvalue weighted by atomic mass is 28.3. The van der Waals surface area contributed by atoms with E-state index in [1.165, 1.54) is 0 Å². The maximum Gasteiger partial charge on any atom is 0.339 e. The van der Waals surface area contributed by atoms with Gasteiger partial charge in [0.1, 0.15) is 8.07 Å². The first-order valence-corrected chi connectivity index (χ1v) is 9.27. The zero-order valence-electron chi connectivity index (χ0n) is 10.9. The summed E-state index contributed by atoms with van der Waals surface area (Å²) in [6, 6.07) is 3.10. The highest BCUT2D eigenvalue weighted by Gasteiger charge is 2.13. The minimum absolute atomic E-state index is 0.289. The molecular weight excluding hydrogens is 230 g/mol. The molecule has 1 aliphatic rings. The van der Waals surface area contributed by atoms with Gasteiger partial charge in [0.15, 0.2) is 0 Å². The second-order valence-corrected chi connectivity index (χ2v) is 9.60. The molecule has 92 valence electrons. The molecule has 4 heteroatoms. The summed E-state index contributed by atoms with van der Waals surface area (Å²) in [5, 5.41) is 0. The van der Waals surface area contributed by atoms with E-state index in [-0.39, 0.29) is 5.97 Å². The molecule has 0 spiro atoms. The minimum atomic E-state index is -1.38. The molecule has 3 nitrogen and oxygen atoms in total. The van der Waals surface area contributed by atoms with E-state index < -0.39 is 8.07 Å². The highest BCUT2D eigenvalue weighted by Crippen LogP contribution is 2.09. The summed E-state index contributed by atoms with van der Waals surface area (Å²) in [6.07, 6.45) is 5.46. The third-order valence-corrected chi connectivity index (χ3v) is 2.84. The molecule has 1 heterocycles. The van der Waals surface area contributed by atoms with Crippen LogP contribution in [-0.2, 0) is 9.53 Å². The van der Waals surface area contributed by atoms with E-state index in [9.17, 15) is 4.79 Å². The van der Waals surface area contributed by atoms with Gasteiger partial charge in [-0.25, -0.2) is 4.79 Å². The van der Waals surface area contributed by atoms with Crippen LogP contribution in [0.1, 0.15) is 6.92 Å². The molecule has 1 aliphatic heterocycles. The highest BCUT2D eigenvalue weighted by molar-refractivity contribution is 6.83. The first-order valence-electron chi connectivity index (χ1n) is 5.77. The topological polar surface area (TPSA) is 29.5 Å². The molecule has 0 aliphatic carbocycles. The first kappa shape index (κ1) is 13.6. The Bertz CT molecular complexity index is 407. The molecule has 0 aromatic rings. The van der Waals surface area contributed by atoms with Gasteiger partial charge in [-0.2, -0.15) is 0 Å². The Morgan fingerprint density at radius 3 is 2.82 bits per heavy atom. The summed E-state index contributed by atoms with van der Waals surface area (Å²) in [6.45, 7) is 9.49. The van der Waals surface area contributed by atoms with Gasteiger partial charge in [-0.15, -0.1) is 5.54 Å². The van der Waals surface area contributed by atoms with E-state index in [0.29, 0.717) is 12.2 Å². The quantitative estimate of drug-likeness (QED) is 0.426. The van der Waals surface area contributed by atoms with Crippen molar-refractivity contribution in [3.63, 3.8) is 0 Å². The van der Waals surface area contributed by atoms with Crippen molar-refractivity contribution < 1.29 is 9.53 Å². The molecule has 17 heavy (non-hydrogen) atoms. The number of carbonyl (C=O) groups is 1. The van der Waals surface area contributed by atoms with E-state index in [2.05, 4.69) is 31.2 Å². The van der Waals surface area contributed by atoms with Crippen LogP contribution in [0.4, 0.5) is 0 Å². The van der Waals surface area contributed by atoms with Crippen molar-refractivity contribution in [2.45, 2.75) is 26.6 Å². The zero-order chi connectivity index (χ0) is 12.9. The standard InChI is InChI=1S/C13H19NO2Si/c1-5-16-13(15)12-7-6-8-14(11-12)9-10-17(2,3)4/h6-7,11H,5,8H2,1-4H3. The lowest BCUT2D eigenvalue weighted by atomic mass is 10.2. The van der Waals surface area contributed by atoms with E-state index in [4.69, 9.17) is 4.74 Å². The van der Waals surface area contributed by atoms with Crippen LogP contribution in [0.5, 0.6) is 0 Å². The van der Waals surface area contributed by atoms with Gasteiger partial charge in [-0.05, 0) is 13.0 Å². The van der Waals surface area contributed by atoms with Crippen LogP contribution in [0.15, 0.2) is 23.9 Å². The predicted octanol–water partition coefficient (Wildman–Crippen LogP) is 2.14. The van der Waals surface area contributed by atoms with Crippen molar-refractivity contribution in [2.24, 2.45) is 0 Å². The van der Waals surface area contributed by atoms with Crippen molar-refractivity contribution in [3.05, 3.63) is 23.9 Å². The Kier molecular flexibility index (Phi) is 4.59. The molecule has 1 rings (SSSR count). The monoisotopic (exact) mass is 249 g/mol. The molecule has 0 atom stereocenters. The van der Waals surface area contributed by atoms with Gasteiger partial charge >= 0.3 is 5.97 Å². The molecule has 0 aromatic carbocycles. The third-order valence-electron chi connectivity index (χ3n) is 1.98. The largest absolute Gasteiger partial charge is 0.462 e. The van der Waals surface area contributed by atoms with Crippen LogP contribution in [-0.4, -0.2) is 32.1 Å². The number of carbonyl (C=O) groups excluding carboxylic acids is 1. The van der Waals surface area contributed by atoms with Gasteiger partial charge < -0.3 is 9.64 Å². The van der Waals surface area contributed by atoms with Crippen molar-refractivity contribution >= 4 is 14.0 Å². The van der Waals surface area contributed by atoms with Crippen molar-refractivity contribution in [1.82, 2.24) is 4.90 Å². The third kappa shape index (κ3) is 4.92. The zero-order valence-corrected chi connectivity index (χ0v) is 11.9. The second kappa shape index (κ2) is 5.74. The van der Waals surface area contributed by atoms with Crippen LogP contribution >= 0.6 is 0 Å². The molecule has 0 aromatic heterocycles. The lowest BCUT2D eigenvalue weighted by Crippen LogP contribution is -2.21. The van der Waals surface area contributed by atoms with Gasteiger partial charge in [-0.1, -0.05) is 25.7 Å². The number of rotatable bonds is 2. The van der Waals surface area contributed by atoms with Crippen LogP contribution < -0.4 is 0 Å². The minimum Gasteiger partial charge on any atom is -0.462 e. The maximum absolute atomic E-state index is 11.5. The fourth-order valence-electron chi connectivity index (χ4n) is 1.21. The summed E-state index contributed by atoms with van der Waals surface area (Å²) in [5.41, 5.74) is 3.83. The number of esters is 1. The number of hydrogen-bond donors (Lipinski definition) is 0. The fourth-order valence-corrected chi connectivity index (χ4v) is 1.69. The molecule has 0 radical (unpaired) electrons. The van der Waals surface area contributed by atoms with E-state index in [1.54, 1.807) is 19.2 Å². The number of nitrogens with zero attached hydrogens (tertiary/aromatic N) is 1. The summed E-state index contributed by atoms with van der Waals surface area (Å²) >= 11 is 0. The van der Waals surface area contributed by atoms with E-state index in [1.807, 2.05) is 11.0 Å². The van der Waals surface area contributed by atoms with Crippen molar-refractivity contribution in [2.75, 3.05) is 13.2 Å². The van der Waals surface area contributed by atoms with E-state index in [0.717, 1.165) is 6.54 Å². The molecule has 0 unspecified atom stereocenters. The Morgan fingerprint density at radius 2 is 2.24 bits per heavy atom. The summed E-state index contributed by atoms with van der Waals surface area (Å²) in [4.78, 5) is 13.4. The summed E-state index contributed by atoms with van der Waals surface area (Å²) in [5.74, 6) is -0.289. The van der Waals surface area contributed by atoms with Gasteiger partial charge in [0.25, 0.3) is 0 Å². The Morgan fingerprint density at radius 1 is 1.53 bits per heavy atom. The second-order valence-electron chi connectivity index (χ2n) is 4.85. The molecule has 0 N–H and O–H groups in total. The number of ether oxygens (including phenoxy) is 1. The van der Waals surface area contributed by atoms with Crippen LogP contribution in [0, 0.1) is 11.6 Å². The van der Waals surface area contributed by atoms with Crippen molar-refractivity contribution in [1.29, 1.82) is 0 Å². The molecule has 0 bridgehead atoms. The fraction of sp³-hybridized carbons (Fsp3) is 0.462. The molecule has 0 amide bonds. The normalized spacial score (nSPS) is 14.8. The molecule has 0 saturated heterocycles. The average Bonchev–Trinajstić information content (AvgIpc) is 2.26. The van der Waals surface area contributed by atoms with Crippen LogP contribution in [0.25, 0.3) is 0 Å². The summed E-state index contributed by atoms with van der Waals surface area (Å²) < 4.78 is 4.95.